The molecular formula is C35H39N7O7. The molecule has 1 aromatic heterocycles. The Morgan fingerprint density at radius 3 is 2.49 bits per heavy atom. The van der Waals surface area contributed by atoms with Gasteiger partial charge in [0.2, 0.25) is 12.1 Å². The summed E-state index contributed by atoms with van der Waals surface area (Å²) in [6.45, 7) is 4.06. The van der Waals surface area contributed by atoms with Crippen LogP contribution in [0.15, 0.2) is 77.8 Å². The molecule has 1 amide bonds. The van der Waals surface area contributed by atoms with E-state index >= 15 is 0 Å². The second-order valence-electron chi connectivity index (χ2n) is 12.2. The Hall–Kier alpha value is -5.02. The lowest BCUT2D eigenvalue weighted by Crippen LogP contribution is -2.40. The second kappa shape index (κ2) is 15.0. The molecule has 14 heteroatoms. The second-order valence-corrected chi connectivity index (χ2v) is 12.2. The van der Waals surface area contributed by atoms with Crippen molar-refractivity contribution in [3.05, 3.63) is 83.9 Å². The first-order valence-corrected chi connectivity index (χ1v) is 16.4. The van der Waals surface area contributed by atoms with Crippen molar-refractivity contribution in [2.75, 3.05) is 0 Å². The van der Waals surface area contributed by atoms with Gasteiger partial charge in [0.05, 0.1) is 18.5 Å². The number of carbonyl (C=O) groups is 2. The molecule has 1 unspecified atom stereocenters. The van der Waals surface area contributed by atoms with E-state index in [2.05, 4.69) is 27.2 Å². The highest BCUT2D eigenvalue weighted by Crippen LogP contribution is 2.40. The van der Waals surface area contributed by atoms with Gasteiger partial charge in [-0.1, -0.05) is 86.8 Å². The lowest BCUT2D eigenvalue weighted by molar-refractivity contribution is -0.497. The molecule has 0 saturated heterocycles. The molecule has 4 aromatic rings. The number of nitrogens with zero attached hydrogens (tertiary/aromatic N) is 7. The van der Waals surface area contributed by atoms with Gasteiger partial charge < -0.3 is 9.47 Å². The number of carbonyl (C=O) groups excluding carboxylic acids is 2. The normalized spacial score (nSPS) is 16.0. The van der Waals surface area contributed by atoms with Crippen LogP contribution in [-0.2, 0) is 27.5 Å². The molecule has 6 rings (SSSR count). The third-order valence-electron chi connectivity index (χ3n) is 8.72. The summed E-state index contributed by atoms with van der Waals surface area (Å²) in [5.74, 6) is 1.58. The van der Waals surface area contributed by atoms with Gasteiger partial charge in [0, 0.05) is 12.0 Å². The van der Waals surface area contributed by atoms with E-state index in [0.717, 1.165) is 73.0 Å². The van der Waals surface area contributed by atoms with E-state index in [-0.39, 0.29) is 18.3 Å². The van der Waals surface area contributed by atoms with Crippen molar-refractivity contribution in [3.63, 3.8) is 0 Å². The fourth-order valence-corrected chi connectivity index (χ4v) is 6.22. The fraction of sp³-hybridized carbons (Fsp3) is 0.371. The van der Waals surface area contributed by atoms with Crippen LogP contribution < -0.4 is 4.74 Å². The van der Waals surface area contributed by atoms with Gasteiger partial charge in [-0.3, -0.25) is 25.1 Å². The average molecular weight is 670 g/mol. The topological polar surface area (TPSA) is 165 Å². The molecule has 2 N–H and O–H groups in total. The van der Waals surface area contributed by atoms with Crippen molar-refractivity contribution in [2.45, 2.75) is 83.7 Å². The lowest BCUT2D eigenvalue weighted by atomic mass is 9.97. The van der Waals surface area contributed by atoms with Crippen molar-refractivity contribution in [3.8, 4) is 28.3 Å². The molecule has 0 radical (unpaired) electrons. The molecule has 2 aliphatic rings. The molecule has 1 saturated carbocycles. The van der Waals surface area contributed by atoms with Crippen molar-refractivity contribution < 1.29 is 34.3 Å². The highest BCUT2D eigenvalue weighted by atomic mass is 17.1. The molecule has 256 valence electrons. The summed E-state index contributed by atoms with van der Waals surface area (Å²) in [4.78, 5) is 38.7. The van der Waals surface area contributed by atoms with E-state index < -0.39 is 23.3 Å². The highest BCUT2D eigenvalue weighted by Gasteiger charge is 2.49. The van der Waals surface area contributed by atoms with Gasteiger partial charge in [-0.25, -0.2) is 9.63 Å². The first-order valence-electron chi connectivity index (χ1n) is 16.4. The fourth-order valence-electron chi connectivity index (χ4n) is 6.22. The summed E-state index contributed by atoms with van der Waals surface area (Å²) in [5.41, 5.74) is 3.57. The number of aromatic nitrogens is 4. The largest absolute Gasteiger partial charge is 0.515 e. The highest BCUT2D eigenvalue weighted by molar-refractivity contribution is 6.08. The smallest absolute Gasteiger partial charge is 0.407 e. The molecule has 2 heterocycles. The van der Waals surface area contributed by atoms with E-state index in [1.54, 1.807) is 19.1 Å². The summed E-state index contributed by atoms with van der Waals surface area (Å²) < 4.78 is 10.6. The zero-order valence-corrected chi connectivity index (χ0v) is 27.4. The molecule has 1 fully saturated rings. The minimum Gasteiger partial charge on any atom is -0.407 e. The third kappa shape index (κ3) is 7.84. The molecular weight excluding hydrogens is 630 g/mol. The summed E-state index contributed by atoms with van der Waals surface area (Å²) in [7, 11) is 0. The number of tetrazole rings is 1. The van der Waals surface area contributed by atoms with E-state index in [0.29, 0.717) is 17.9 Å². The maximum atomic E-state index is 13.6. The van der Waals surface area contributed by atoms with Crippen LogP contribution >= 0.6 is 0 Å². The van der Waals surface area contributed by atoms with Crippen LogP contribution in [0.4, 0.5) is 4.79 Å². The number of aliphatic imine (C=N–C) groups is 1. The summed E-state index contributed by atoms with van der Waals surface area (Å²) in [6, 6.07) is 22.1. The molecule has 1 spiro atoms. The monoisotopic (exact) mass is 669 g/mol. The number of amidine groups is 1. The Labute approximate surface area is 283 Å². The minimum absolute atomic E-state index is 0.143. The predicted molar refractivity (Wildman–Crippen MR) is 176 cm³/mol. The molecule has 14 nitrogen and oxygen atoms in total. The maximum absolute atomic E-state index is 13.6. The van der Waals surface area contributed by atoms with Crippen LogP contribution in [0.25, 0.3) is 22.5 Å². The van der Waals surface area contributed by atoms with Gasteiger partial charge in [0.15, 0.2) is 0 Å². The Balaban J connectivity index is 1.11. The summed E-state index contributed by atoms with van der Waals surface area (Å²) in [5, 5.41) is 29.9. The van der Waals surface area contributed by atoms with Crippen LogP contribution in [0.3, 0.4) is 0 Å². The summed E-state index contributed by atoms with van der Waals surface area (Å²) in [6.07, 6.45) is 4.71. The molecule has 49 heavy (non-hydrogen) atoms. The zero-order valence-electron chi connectivity index (χ0n) is 27.4. The van der Waals surface area contributed by atoms with E-state index in [4.69, 9.17) is 24.9 Å². The molecule has 1 aliphatic heterocycles. The Morgan fingerprint density at radius 1 is 1.00 bits per heavy atom. The van der Waals surface area contributed by atoms with Crippen LogP contribution in [-0.4, -0.2) is 64.3 Å². The number of hydrogen-bond acceptors (Lipinski definition) is 12. The third-order valence-corrected chi connectivity index (χ3v) is 8.72. The number of unbranched alkanes of at least 4 members (excludes halogenated alkanes) is 1. The number of amides is 1. The Morgan fingerprint density at radius 2 is 1.76 bits per heavy atom. The number of hydrogen-bond donors (Lipinski definition) is 2. The van der Waals surface area contributed by atoms with Gasteiger partial charge in [-0.2, -0.15) is 0 Å². The van der Waals surface area contributed by atoms with Crippen molar-refractivity contribution >= 4 is 17.9 Å². The SMILES string of the molecule is CCCCC1=NC2(CCCC2)C(=O)N1Cc1ccc(-c2ccccc2-c2nnn(C(C)OC(=O)Oc3cccc(CON(O)O)c3)n2)cc1. The van der Waals surface area contributed by atoms with Gasteiger partial charge in [-0.05, 0) is 65.8 Å². The molecule has 3 aromatic carbocycles. The maximum Gasteiger partial charge on any atom is 0.515 e. The number of ether oxygens (including phenoxy) is 2. The van der Waals surface area contributed by atoms with Gasteiger partial charge in [0.25, 0.3) is 5.91 Å². The zero-order chi connectivity index (χ0) is 34.4. The predicted octanol–water partition coefficient (Wildman–Crippen LogP) is 6.50. The van der Waals surface area contributed by atoms with Crippen molar-refractivity contribution in [2.24, 2.45) is 4.99 Å². The van der Waals surface area contributed by atoms with E-state index in [1.165, 1.54) is 16.9 Å². The van der Waals surface area contributed by atoms with Crippen LogP contribution in [0, 0.1) is 0 Å². The van der Waals surface area contributed by atoms with Gasteiger partial charge in [-0.15, -0.1) is 15.0 Å². The first-order chi connectivity index (χ1) is 23.7. The van der Waals surface area contributed by atoms with Gasteiger partial charge >= 0.3 is 6.16 Å². The van der Waals surface area contributed by atoms with E-state index in [1.807, 2.05) is 53.4 Å². The Kier molecular flexibility index (Phi) is 10.4. The van der Waals surface area contributed by atoms with Crippen LogP contribution in [0.5, 0.6) is 5.75 Å². The van der Waals surface area contributed by atoms with Crippen molar-refractivity contribution in [1.29, 1.82) is 0 Å². The lowest BCUT2D eigenvalue weighted by Gasteiger charge is -2.23. The van der Waals surface area contributed by atoms with Crippen LogP contribution in [0.1, 0.15) is 76.1 Å². The number of benzene rings is 3. The first kappa shape index (κ1) is 33.9. The van der Waals surface area contributed by atoms with Crippen LogP contribution in [0.2, 0.25) is 0 Å². The van der Waals surface area contributed by atoms with E-state index in [9.17, 15) is 9.59 Å². The van der Waals surface area contributed by atoms with Crippen molar-refractivity contribution in [1.82, 2.24) is 30.5 Å². The Bertz CT molecular complexity index is 1800. The average Bonchev–Trinajstić information content (AvgIpc) is 3.85. The number of rotatable bonds is 13. The standard InChI is InChI=1S/C35H39N7O7/c1-3-4-14-31-36-35(19-7-8-20-35)33(43)40(31)22-25-15-17-27(18-16-25)29-12-5-6-13-30(29)32-37-39-41(38-32)24(2)48-34(44)49-28-11-9-10-26(21-28)23-47-42(45)46/h5-6,9-13,15-18,21,24,45-46H,3-4,7-8,14,19-20,22-23H2,1-2H3. The summed E-state index contributed by atoms with van der Waals surface area (Å²) >= 11 is 0. The molecule has 0 bridgehead atoms. The molecule has 1 atom stereocenters. The minimum atomic E-state index is -0.992. The quantitative estimate of drug-likeness (QED) is 0.0907. The molecule has 1 aliphatic carbocycles. The van der Waals surface area contributed by atoms with Gasteiger partial charge in [0.1, 0.15) is 17.1 Å².